The minimum Gasteiger partial charge on any atom is -1.00 e. The van der Waals surface area contributed by atoms with Gasteiger partial charge in [-0.3, -0.25) is 0 Å². The summed E-state index contributed by atoms with van der Waals surface area (Å²) in [6.45, 7) is 13.7. The van der Waals surface area contributed by atoms with E-state index in [1.54, 1.807) is 11.3 Å². The van der Waals surface area contributed by atoms with E-state index in [1.807, 2.05) is 0 Å². The van der Waals surface area contributed by atoms with Crippen molar-refractivity contribution in [2.45, 2.75) is 58.8 Å². The van der Waals surface area contributed by atoms with Crippen LogP contribution < -0.4 is 24.8 Å². The number of thiophene rings is 1. The molecule has 4 heteroatoms. The van der Waals surface area contributed by atoms with Gasteiger partial charge >= 0.3 is 26.2 Å². The Balaban J connectivity index is 0.000000379. The summed E-state index contributed by atoms with van der Waals surface area (Å²) in [6.07, 6.45) is 8.51. The summed E-state index contributed by atoms with van der Waals surface area (Å²) in [6, 6.07) is 18.3. The first-order chi connectivity index (χ1) is 14.6. The molecule has 1 aliphatic rings. The van der Waals surface area contributed by atoms with Crippen molar-refractivity contribution in [1.29, 1.82) is 0 Å². The molecule has 1 aromatic heterocycles. The second kappa shape index (κ2) is 12.3. The first kappa shape index (κ1) is 31.0. The maximum atomic E-state index is 3.27. The Morgan fingerprint density at radius 1 is 0.794 bits per heavy atom. The third-order valence-corrected chi connectivity index (χ3v) is 6.65. The largest absolute Gasteiger partial charge is 4.00 e. The van der Waals surface area contributed by atoms with Gasteiger partial charge in [0.2, 0.25) is 0 Å². The van der Waals surface area contributed by atoms with Gasteiger partial charge in [-0.05, 0) is 16.2 Å². The standard InChI is InChI=1S/C21H25.C9H7S.2ClH.Zr/c1-20(2,3)16-9-7-14-11-15-8-10-17(21(4,5)6)13-19(15)18(14)12-16;1-2-4-8(3-1)9-5-6-10-7-9;;;/h7-13H,1-6H3;1,3,5-7H,2H2;2*1H;/q2*-1;;;+4/p-2. The number of hydrogen-bond donors (Lipinski definition) is 0. The number of allylic oxidation sites excluding steroid dienone is 4. The quantitative estimate of drug-likeness (QED) is 0.301. The van der Waals surface area contributed by atoms with Gasteiger partial charge in [0.25, 0.3) is 0 Å². The third kappa shape index (κ3) is 7.01. The van der Waals surface area contributed by atoms with Crippen molar-refractivity contribution >= 4 is 38.5 Å². The molecule has 5 rings (SSSR count). The normalized spacial score (nSPS) is 12.8. The second-order valence-corrected chi connectivity index (χ2v) is 11.2. The summed E-state index contributed by atoms with van der Waals surface area (Å²) in [7, 11) is 0. The van der Waals surface area contributed by atoms with Gasteiger partial charge in [-0.25, -0.2) is 0 Å². The number of benzene rings is 2. The van der Waals surface area contributed by atoms with Crippen LogP contribution in [-0.2, 0) is 37.0 Å². The van der Waals surface area contributed by atoms with Crippen LogP contribution in [0.3, 0.4) is 0 Å². The number of halogens is 2. The average molecular weight is 587 g/mol. The van der Waals surface area contributed by atoms with Crippen LogP contribution in [-0.4, -0.2) is 0 Å². The molecule has 0 radical (unpaired) electrons. The Bertz CT molecular complexity index is 1190. The molecule has 1 aliphatic carbocycles. The van der Waals surface area contributed by atoms with Crippen molar-refractivity contribution in [3.05, 3.63) is 94.2 Å². The van der Waals surface area contributed by atoms with Gasteiger partial charge in [-0.1, -0.05) is 94.8 Å². The summed E-state index contributed by atoms with van der Waals surface area (Å²) < 4.78 is 0. The van der Waals surface area contributed by atoms with Crippen LogP contribution in [0.4, 0.5) is 0 Å². The summed E-state index contributed by atoms with van der Waals surface area (Å²) in [5.41, 5.74) is 5.76. The first-order valence-electron chi connectivity index (χ1n) is 11.1. The summed E-state index contributed by atoms with van der Waals surface area (Å²) >= 11 is 1.73. The van der Waals surface area contributed by atoms with Crippen LogP contribution in [0, 0.1) is 6.08 Å². The van der Waals surface area contributed by atoms with Gasteiger partial charge in [0.05, 0.1) is 0 Å². The first-order valence-corrected chi connectivity index (χ1v) is 12.0. The molecule has 0 saturated carbocycles. The van der Waals surface area contributed by atoms with E-state index in [4.69, 9.17) is 0 Å². The smallest absolute Gasteiger partial charge is 1.00 e. The van der Waals surface area contributed by atoms with Gasteiger partial charge in [0.15, 0.2) is 0 Å². The van der Waals surface area contributed by atoms with Crippen LogP contribution in [0.2, 0.25) is 0 Å². The SMILES string of the molecule is CC(C)(C)c1ccc2[cH-]c3ccc(C(C)(C)C)cc3c2c1.[C-]1=C(c2ccsc2)C=CC1.[Cl-].[Cl-].[Zr+4]. The molecule has 0 N–H and O–H groups in total. The van der Waals surface area contributed by atoms with E-state index >= 15 is 0 Å². The molecule has 3 aromatic carbocycles. The van der Waals surface area contributed by atoms with Crippen molar-refractivity contribution in [2.24, 2.45) is 0 Å². The molecule has 0 amide bonds. The van der Waals surface area contributed by atoms with Crippen molar-refractivity contribution in [1.82, 2.24) is 0 Å². The van der Waals surface area contributed by atoms with Crippen molar-refractivity contribution in [2.75, 3.05) is 0 Å². The summed E-state index contributed by atoms with van der Waals surface area (Å²) in [5, 5.41) is 9.73. The van der Waals surface area contributed by atoms with Crippen LogP contribution in [0.25, 0.3) is 27.1 Å². The fourth-order valence-electron chi connectivity index (χ4n) is 3.95. The van der Waals surface area contributed by atoms with Gasteiger partial charge < -0.3 is 24.8 Å². The molecule has 0 saturated heterocycles. The fourth-order valence-corrected chi connectivity index (χ4v) is 4.61. The van der Waals surface area contributed by atoms with E-state index in [0.717, 1.165) is 6.42 Å². The van der Waals surface area contributed by atoms with E-state index < -0.39 is 0 Å². The van der Waals surface area contributed by atoms with Gasteiger partial charge in [-0.2, -0.15) is 29.1 Å². The summed E-state index contributed by atoms with van der Waals surface area (Å²) in [5.74, 6) is 0. The minimum absolute atomic E-state index is 0. The Hall–Kier alpha value is -1.05. The molecule has 0 fully saturated rings. The molecule has 0 nitrogen and oxygen atoms in total. The molecule has 0 atom stereocenters. The zero-order chi connectivity index (χ0) is 22.2. The predicted molar refractivity (Wildman–Crippen MR) is 139 cm³/mol. The average Bonchev–Trinajstić information content (AvgIpc) is 3.45. The molecule has 0 spiro atoms. The summed E-state index contributed by atoms with van der Waals surface area (Å²) in [4.78, 5) is 0. The van der Waals surface area contributed by atoms with Crippen LogP contribution in [0.1, 0.15) is 64.7 Å². The van der Waals surface area contributed by atoms with E-state index in [2.05, 4.69) is 119 Å². The van der Waals surface area contributed by atoms with Crippen molar-refractivity contribution < 1.29 is 51.0 Å². The van der Waals surface area contributed by atoms with Gasteiger partial charge in [0, 0.05) is 0 Å². The van der Waals surface area contributed by atoms with E-state index in [-0.39, 0.29) is 61.8 Å². The monoisotopic (exact) mass is 584 g/mol. The van der Waals surface area contributed by atoms with E-state index in [0.29, 0.717) is 0 Å². The van der Waals surface area contributed by atoms with E-state index in [1.165, 1.54) is 43.8 Å². The Labute approximate surface area is 240 Å². The molecule has 0 aliphatic heterocycles. The zero-order valence-electron chi connectivity index (χ0n) is 20.8. The number of rotatable bonds is 1. The topological polar surface area (TPSA) is 0 Å². The van der Waals surface area contributed by atoms with Crippen LogP contribution in [0.5, 0.6) is 0 Å². The van der Waals surface area contributed by atoms with Gasteiger partial charge in [-0.15, -0.1) is 51.4 Å². The molecular weight excluding hydrogens is 555 g/mol. The Morgan fingerprint density at radius 2 is 1.32 bits per heavy atom. The van der Waals surface area contributed by atoms with E-state index in [9.17, 15) is 0 Å². The maximum absolute atomic E-state index is 3.27. The van der Waals surface area contributed by atoms with Crippen molar-refractivity contribution in [3.8, 4) is 0 Å². The molecular formula is C30H32Cl2SZr. The molecule has 0 bridgehead atoms. The number of fused-ring (bicyclic) bond motifs is 3. The zero-order valence-corrected chi connectivity index (χ0v) is 25.6. The van der Waals surface area contributed by atoms with Gasteiger partial charge in [0.1, 0.15) is 0 Å². The number of hydrogen-bond acceptors (Lipinski definition) is 1. The molecule has 1 heterocycles. The minimum atomic E-state index is 0. The fraction of sp³-hybridized carbons (Fsp3) is 0.300. The Kier molecular flexibility index (Phi) is 11.2. The van der Waals surface area contributed by atoms with Crippen molar-refractivity contribution in [3.63, 3.8) is 0 Å². The molecule has 4 aromatic rings. The molecule has 34 heavy (non-hydrogen) atoms. The maximum Gasteiger partial charge on any atom is 4.00 e. The third-order valence-electron chi connectivity index (χ3n) is 5.97. The predicted octanol–water partition coefficient (Wildman–Crippen LogP) is 3.21. The van der Waals surface area contributed by atoms with Crippen LogP contribution >= 0.6 is 11.3 Å². The molecule has 0 unspecified atom stereocenters. The second-order valence-electron chi connectivity index (χ2n) is 10.5. The molecule has 176 valence electrons. The van der Waals surface area contributed by atoms with Crippen LogP contribution in [0.15, 0.2) is 71.4 Å². The Morgan fingerprint density at radius 3 is 1.71 bits per heavy atom.